The number of anilines is 2. The third-order valence-electron chi connectivity index (χ3n) is 2.94. The van der Waals surface area contributed by atoms with Crippen molar-refractivity contribution in [1.82, 2.24) is 9.97 Å². The fourth-order valence-corrected chi connectivity index (χ4v) is 2.07. The molecule has 0 saturated heterocycles. The molecule has 0 saturated carbocycles. The molecule has 17 heavy (non-hydrogen) atoms. The minimum atomic E-state index is 0.513. The molecule has 4 heteroatoms. The molecular formula is C13H14N4. The predicted molar refractivity (Wildman–Crippen MR) is 69.9 cm³/mol. The molecule has 4 nitrogen and oxygen atoms in total. The SMILES string of the molecule is Nc1nc2ccccc2nc1N1CC=CCC1. The Bertz CT molecular complexity index is 577. The number of nitrogen functional groups attached to an aromatic ring is 1. The number of benzene rings is 1. The fourth-order valence-electron chi connectivity index (χ4n) is 2.07. The molecule has 0 amide bonds. The molecule has 2 heterocycles. The molecule has 1 aliphatic rings. The lowest BCUT2D eigenvalue weighted by molar-refractivity contribution is 0.807. The van der Waals surface area contributed by atoms with Crippen LogP contribution in [0.15, 0.2) is 36.4 Å². The van der Waals surface area contributed by atoms with Crippen LogP contribution in [-0.2, 0) is 0 Å². The van der Waals surface area contributed by atoms with Crippen molar-refractivity contribution in [3.05, 3.63) is 36.4 Å². The number of hydrogen-bond acceptors (Lipinski definition) is 4. The average Bonchev–Trinajstić information content (AvgIpc) is 2.39. The molecule has 0 fully saturated rings. The summed E-state index contributed by atoms with van der Waals surface area (Å²) in [5.74, 6) is 1.31. The van der Waals surface area contributed by atoms with E-state index in [1.807, 2.05) is 24.3 Å². The maximum atomic E-state index is 5.98. The van der Waals surface area contributed by atoms with E-state index >= 15 is 0 Å². The minimum absolute atomic E-state index is 0.513. The molecule has 86 valence electrons. The monoisotopic (exact) mass is 226 g/mol. The van der Waals surface area contributed by atoms with E-state index in [-0.39, 0.29) is 0 Å². The first kappa shape index (κ1) is 10.1. The van der Waals surface area contributed by atoms with Gasteiger partial charge in [0.05, 0.1) is 11.0 Å². The first-order valence-electron chi connectivity index (χ1n) is 5.77. The van der Waals surface area contributed by atoms with Gasteiger partial charge < -0.3 is 10.6 Å². The Morgan fingerprint density at radius 1 is 1.06 bits per heavy atom. The summed E-state index contributed by atoms with van der Waals surface area (Å²) in [4.78, 5) is 11.2. The van der Waals surface area contributed by atoms with Crippen LogP contribution in [0.5, 0.6) is 0 Å². The lowest BCUT2D eigenvalue weighted by Crippen LogP contribution is -2.28. The summed E-state index contributed by atoms with van der Waals surface area (Å²) in [6.45, 7) is 1.81. The van der Waals surface area contributed by atoms with Crippen molar-refractivity contribution in [2.45, 2.75) is 6.42 Å². The molecule has 1 aromatic carbocycles. The van der Waals surface area contributed by atoms with Crippen LogP contribution < -0.4 is 10.6 Å². The summed E-state index contributed by atoms with van der Waals surface area (Å²) in [6, 6.07) is 7.80. The number of aromatic nitrogens is 2. The van der Waals surface area contributed by atoms with Gasteiger partial charge in [0.1, 0.15) is 0 Å². The summed E-state index contributed by atoms with van der Waals surface area (Å²) in [7, 11) is 0. The summed E-state index contributed by atoms with van der Waals surface area (Å²) >= 11 is 0. The highest BCUT2D eigenvalue weighted by Gasteiger charge is 2.14. The number of fused-ring (bicyclic) bond motifs is 1. The van der Waals surface area contributed by atoms with Crippen molar-refractivity contribution in [2.24, 2.45) is 0 Å². The zero-order valence-corrected chi connectivity index (χ0v) is 9.50. The first-order chi connectivity index (χ1) is 8.34. The van der Waals surface area contributed by atoms with Gasteiger partial charge in [-0.3, -0.25) is 0 Å². The average molecular weight is 226 g/mol. The maximum Gasteiger partial charge on any atom is 0.172 e. The van der Waals surface area contributed by atoms with Gasteiger partial charge in [0.25, 0.3) is 0 Å². The summed E-state index contributed by atoms with van der Waals surface area (Å²) in [5.41, 5.74) is 7.72. The second-order valence-corrected chi connectivity index (χ2v) is 4.13. The van der Waals surface area contributed by atoms with Gasteiger partial charge in [-0.05, 0) is 18.6 Å². The smallest absolute Gasteiger partial charge is 0.172 e. The van der Waals surface area contributed by atoms with Gasteiger partial charge in [-0.15, -0.1) is 0 Å². The van der Waals surface area contributed by atoms with Gasteiger partial charge in [-0.25, -0.2) is 9.97 Å². The van der Waals surface area contributed by atoms with E-state index in [1.54, 1.807) is 0 Å². The van der Waals surface area contributed by atoms with Gasteiger partial charge in [0, 0.05) is 13.1 Å². The Morgan fingerprint density at radius 2 is 1.82 bits per heavy atom. The Balaban J connectivity index is 2.09. The number of para-hydroxylation sites is 2. The van der Waals surface area contributed by atoms with Crippen molar-refractivity contribution in [1.29, 1.82) is 0 Å². The fraction of sp³-hybridized carbons (Fsp3) is 0.231. The number of nitrogens with two attached hydrogens (primary N) is 1. The zero-order valence-electron chi connectivity index (χ0n) is 9.50. The highest BCUT2D eigenvalue weighted by molar-refractivity contribution is 5.79. The van der Waals surface area contributed by atoms with Crippen LogP contribution in [0.25, 0.3) is 11.0 Å². The van der Waals surface area contributed by atoms with E-state index in [2.05, 4.69) is 27.0 Å². The predicted octanol–water partition coefficient (Wildman–Crippen LogP) is 1.98. The van der Waals surface area contributed by atoms with Crippen molar-refractivity contribution < 1.29 is 0 Å². The second-order valence-electron chi connectivity index (χ2n) is 4.13. The van der Waals surface area contributed by atoms with E-state index in [9.17, 15) is 0 Å². The minimum Gasteiger partial charge on any atom is -0.381 e. The van der Waals surface area contributed by atoms with E-state index in [4.69, 9.17) is 5.73 Å². The zero-order chi connectivity index (χ0) is 11.7. The van der Waals surface area contributed by atoms with Crippen molar-refractivity contribution >= 4 is 22.7 Å². The normalized spacial score (nSPS) is 15.4. The van der Waals surface area contributed by atoms with Crippen LogP contribution in [0.3, 0.4) is 0 Å². The van der Waals surface area contributed by atoms with Crippen LogP contribution in [-0.4, -0.2) is 23.1 Å². The molecule has 0 atom stereocenters. The largest absolute Gasteiger partial charge is 0.381 e. The van der Waals surface area contributed by atoms with E-state index in [0.717, 1.165) is 36.4 Å². The van der Waals surface area contributed by atoms with Gasteiger partial charge in [0.15, 0.2) is 11.6 Å². The van der Waals surface area contributed by atoms with Crippen LogP contribution >= 0.6 is 0 Å². The van der Waals surface area contributed by atoms with Crippen molar-refractivity contribution in [2.75, 3.05) is 23.7 Å². The molecule has 2 N–H and O–H groups in total. The van der Waals surface area contributed by atoms with E-state index in [0.29, 0.717) is 5.82 Å². The third-order valence-corrected chi connectivity index (χ3v) is 2.94. The first-order valence-corrected chi connectivity index (χ1v) is 5.77. The van der Waals surface area contributed by atoms with Crippen LogP contribution in [0.1, 0.15) is 6.42 Å². The molecule has 1 aliphatic heterocycles. The maximum absolute atomic E-state index is 5.98. The molecule has 0 unspecified atom stereocenters. The molecule has 2 aromatic rings. The van der Waals surface area contributed by atoms with Crippen LogP contribution in [0.2, 0.25) is 0 Å². The summed E-state index contributed by atoms with van der Waals surface area (Å²) in [6.07, 6.45) is 5.36. The van der Waals surface area contributed by atoms with Crippen molar-refractivity contribution in [3.63, 3.8) is 0 Å². The third kappa shape index (κ3) is 1.82. The van der Waals surface area contributed by atoms with Gasteiger partial charge >= 0.3 is 0 Å². The number of rotatable bonds is 1. The quantitative estimate of drug-likeness (QED) is 0.755. The highest BCUT2D eigenvalue weighted by Crippen LogP contribution is 2.23. The molecule has 0 spiro atoms. The molecule has 3 rings (SSSR count). The van der Waals surface area contributed by atoms with Crippen molar-refractivity contribution in [3.8, 4) is 0 Å². The van der Waals surface area contributed by atoms with E-state index < -0.39 is 0 Å². The Hall–Kier alpha value is -2.10. The summed E-state index contributed by atoms with van der Waals surface area (Å²) < 4.78 is 0. The van der Waals surface area contributed by atoms with E-state index in [1.165, 1.54) is 0 Å². The number of hydrogen-bond donors (Lipinski definition) is 1. The molecule has 1 aromatic heterocycles. The van der Waals surface area contributed by atoms with Gasteiger partial charge in [-0.2, -0.15) is 0 Å². The van der Waals surface area contributed by atoms with Crippen LogP contribution in [0.4, 0.5) is 11.6 Å². The molecular weight excluding hydrogens is 212 g/mol. The Labute approximate surface area is 99.8 Å². The highest BCUT2D eigenvalue weighted by atomic mass is 15.2. The standard InChI is InChI=1S/C13H14N4/c14-12-13(17-8-4-1-5-9-17)16-11-7-3-2-6-10(11)15-12/h1-4,6-7H,5,8-9H2,(H2,14,15). The van der Waals surface area contributed by atoms with Crippen LogP contribution in [0, 0.1) is 0 Å². The molecule has 0 bridgehead atoms. The Kier molecular flexibility index (Phi) is 2.40. The summed E-state index contributed by atoms with van der Waals surface area (Å²) in [5, 5.41) is 0. The number of nitrogens with zero attached hydrogens (tertiary/aromatic N) is 3. The lowest BCUT2D eigenvalue weighted by atomic mass is 10.2. The second kappa shape index (κ2) is 4.05. The van der Waals surface area contributed by atoms with Gasteiger partial charge in [0.2, 0.25) is 0 Å². The molecule has 0 radical (unpaired) electrons. The Morgan fingerprint density at radius 3 is 2.53 bits per heavy atom. The van der Waals surface area contributed by atoms with Gasteiger partial charge in [-0.1, -0.05) is 24.3 Å². The topological polar surface area (TPSA) is 55.0 Å². The molecule has 0 aliphatic carbocycles. The lowest BCUT2D eigenvalue weighted by Gasteiger charge is -2.25.